The van der Waals surface area contributed by atoms with E-state index in [0.717, 1.165) is 10.5 Å². The Morgan fingerprint density at radius 2 is 1.50 bits per heavy atom. The van der Waals surface area contributed by atoms with E-state index in [4.69, 9.17) is 15.2 Å². The predicted octanol–water partition coefficient (Wildman–Crippen LogP) is 5.30. The number of aliphatic hydroxyl groups is 1. The highest BCUT2D eigenvalue weighted by Gasteiger charge is 2.76. The molecule has 314 valence electrons. The molecule has 0 radical (unpaired) electrons. The molecule has 5 amide bonds. The van der Waals surface area contributed by atoms with Gasteiger partial charge in [0.05, 0.1) is 37.0 Å². The van der Waals surface area contributed by atoms with Gasteiger partial charge < -0.3 is 36.1 Å². The summed E-state index contributed by atoms with van der Waals surface area (Å²) >= 11 is 0. The van der Waals surface area contributed by atoms with Crippen molar-refractivity contribution in [1.29, 1.82) is 0 Å². The van der Waals surface area contributed by atoms with Gasteiger partial charge in [-0.15, -0.1) is 0 Å². The van der Waals surface area contributed by atoms with Crippen LogP contribution in [0.4, 0.5) is 15.3 Å². The summed E-state index contributed by atoms with van der Waals surface area (Å²) in [7, 11) is 0. The second-order valence-corrected chi connectivity index (χ2v) is 15.2. The third-order valence-corrected chi connectivity index (χ3v) is 11.7. The average molecular weight is 834 g/mol. The van der Waals surface area contributed by atoms with Crippen LogP contribution in [-0.2, 0) is 24.5 Å². The molecule has 3 heterocycles. The van der Waals surface area contributed by atoms with Crippen LogP contribution in [0.15, 0.2) is 133 Å². The summed E-state index contributed by atoms with van der Waals surface area (Å²) in [6, 6.07) is 33.1. The van der Waals surface area contributed by atoms with Crippen molar-refractivity contribution < 1.29 is 43.7 Å². The minimum absolute atomic E-state index is 0.0127. The number of anilines is 1. The molecule has 7 atom stereocenters. The van der Waals surface area contributed by atoms with Gasteiger partial charge >= 0.3 is 24.0 Å². The minimum Gasteiger partial charge on any atom is -0.491 e. The molecule has 14 heteroatoms. The van der Waals surface area contributed by atoms with Crippen molar-refractivity contribution in [3.8, 4) is 17.6 Å². The molecular weight excluding hydrogens is 791 g/mol. The van der Waals surface area contributed by atoms with Crippen LogP contribution in [0.1, 0.15) is 64.5 Å². The van der Waals surface area contributed by atoms with Crippen LogP contribution in [0, 0.1) is 17.8 Å². The number of imide groups is 1. The Morgan fingerprint density at radius 1 is 0.855 bits per heavy atom. The minimum atomic E-state index is -2.17. The number of benzene rings is 5. The SMILES string of the molecule is C[C@@H](NC(=O)N1C(=O)[C@@]2(c3cc(C#CCNC(N)=O)ccc31)[C@H](C(=O)O)[C@H]1C(=O)O[C@H](c3ccccc3)[C@H](c3ccccc3)N1[C@@H]2c1ccc(OCCO)cc1)c1ccccc1. The zero-order chi connectivity index (χ0) is 43.5. The maximum atomic E-state index is 16.0. The number of aliphatic hydroxyl groups excluding tert-OH is 1. The van der Waals surface area contributed by atoms with Crippen molar-refractivity contribution >= 4 is 35.6 Å². The van der Waals surface area contributed by atoms with Gasteiger partial charge in [-0.3, -0.25) is 19.3 Å². The van der Waals surface area contributed by atoms with E-state index in [1.54, 1.807) is 54.3 Å². The van der Waals surface area contributed by atoms with E-state index in [1.165, 1.54) is 0 Å². The Hall–Kier alpha value is -7.47. The highest BCUT2D eigenvalue weighted by atomic mass is 16.6. The van der Waals surface area contributed by atoms with Crippen LogP contribution in [-0.4, -0.2) is 70.8 Å². The number of cyclic esters (lactones) is 1. The largest absolute Gasteiger partial charge is 0.491 e. The summed E-state index contributed by atoms with van der Waals surface area (Å²) in [4.78, 5) is 73.9. The zero-order valence-electron chi connectivity index (χ0n) is 33.5. The van der Waals surface area contributed by atoms with Crippen molar-refractivity contribution in [2.45, 2.75) is 42.6 Å². The fourth-order valence-electron chi connectivity index (χ4n) is 9.23. The molecule has 2 saturated heterocycles. The molecule has 0 saturated carbocycles. The van der Waals surface area contributed by atoms with Gasteiger partial charge in [0.15, 0.2) is 0 Å². The first-order valence-electron chi connectivity index (χ1n) is 20.1. The summed E-state index contributed by atoms with van der Waals surface area (Å²) in [5.74, 6) is 1.20. The molecule has 0 aliphatic carbocycles. The lowest BCUT2D eigenvalue weighted by Gasteiger charge is -2.46. The lowest BCUT2D eigenvalue weighted by Crippen LogP contribution is -2.54. The lowest BCUT2D eigenvalue weighted by atomic mass is 9.65. The molecular formula is C48H43N5O9. The number of nitrogens with zero attached hydrogens (tertiary/aromatic N) is 2. The first kappa shape index (κ1) is 41.3. The van der Waals surface area contributed by atoms with Gasteiger partial charge in [-0.1, -0.05) is 115 Å². The smallest absolute Gasteiger partial charge is 0.329 e. The number of nitrogens with one attached hydrogen (secondary N) is 2. The Labute approximate surface area is 357 Å². The van der Waals surface area contributed by atoms with E-state index in [1.807, 2.05) is 91.0 Å². The number of esters is 1. The predicted molar refractivity (Wildman–Crippen MR) is 226 cm³/mol. The van der Waals surface area contributed by atoms with Crippen molar-refractivity contribution in [2.24, 2.45) is 11.7 Å². The standard InChI is InChI=1S/C48H43N5O9/c1-29(31-13-5-2-6-14-31)51-47(60)52-37-24-19-30(12-11-25-50-46(49)59)28-36(37)48(45(52)58)38(43(55)56)40-44(57)62-41(33-17-9-4-10-18-33)39(32-15-7-3-8-16-32)53(40)42(48)34-20-22-35(23-21-34)61-27-26-54/h2-10,13-24,28-29,38-42,54H,25-27H2,1H3,(H,51,60)(H,55,56)(H3,49,50,59)/t29-,38+,39+,40+,41-,42-,48+/m1/s1. The topological polar surface area (TPSA) is 201 Å². The third-order valence-electron chi connectivity index (χ3n) is 11.7. The molecule has 5 aromatic carbocycles. The number of amides is 5. The van der Waals surface area contributed by atoms with Gasteiger partial charge in [-0.25, -0.2) is 14.5 Å². The van der Waals surface area contributed by atoms with Crippen molar-refractivity contribution in [3.05, 3.63) is 167 Å². The Bertz CT molecular complexity index is 2560. The van der Waals surface area contributed by atoms with Crippen molar-refractivity contribution in [1.82, 2.24) is 15.5 Å². The summed E-state index contributed by atoms with van der Waals surface area (Å²) in [6.07, 6.45) is -0.960. The summed E-state index contributed by atoms with van der Waals surface area (Å²) in [6.45, 7) is 1.45. The molecule has 2 fully saturated rings. The number of primary amides is 1. The molecule has 3 aliphatic heterocycles. The Balaban J connectivity index is 1.40. The number of urea groups is 2. The molecule has 5 aromatic rings. The van der Waals surface area contributed by atoms with E-state index in [-0.39, 0.29) is 31.0 Å². The maximum Gasteiger partial charge on any atom is 0.329 e. The number of nitrogens with two attached hydrogens (primary N) is 1. The van der Waals surface area contributed by atoms with E-state index in [2.05, 4.69) is 22.5 Å². The van der Waals surface area contributed by atoms with Crippen LogP contribution in [0.25, 0.3) is 0 Å². The summed E-state index contributed by atoms with van der Waals surface area (Å²) in [5.41, 5.74) is 6.22. The van der Waals surface area contributed by atoms with Crippen LogP contribution in [0.5, 0.6) is 5.75 Å². The average Bonchev–Trinajstić information content (AvgIpc) is 3.74. The molecule has 0 aromatic heterocycles. The first-order valence-corrected chi connectivity index (χ1v) is 20.1. The molecule has 0 unspecified atom stereocenters. The molecule has 14 nitrogen and oxygen atoms in total. The number of hydrogen-bond acceptors (Lipinski definition) is 9. The molecule has 6 N–H and O–H groups in total. The van der Waals surface area contributed by atoms with E-state index >= 15 is 4.79 Å². The molecule has 1 spiro atoms. The number of hydrogen-bond donors (Lipinski definition) is 5. The number of fused-ring (bicyclic) bond motifs is 3. The fourth-order valence-corrected chi connectivity index (χ4v) is 9.23. The van der Waals surface area contributed by atoms with Gasteiger partial charge in [0.1, 0.15) is 35.8 Å². The quantitative estimate of drug-likeness (QED) is 0.0909. The number of carboxylic acid groups (broad SMARTS) is 1. The van der Waals surface area contributed by atoms with E-state index < -0.39 is 71.5 Å². The Morgan fingerprint density at radius 3 is 2.13 bits per heavy atom. The number of ether oxygens (including phenoxy) is 2. The number of carbonyl (C=O) groups excluding carboxylic acids is 4. The first-order chi connectivity index (χ1) is 30.1. The van der Waals surface area contributed by atoms with Gasteiger partial charge in [0, 0.05) is 5.56 Å². The number of aliphatic carboxylic acids is 1. The van der Waals surface area contributed by atoms with Crippen LogP contribution >= 0.6 is 0 Å². The molecule has 62 heavy (non-hydrogen) atoms. The van der Waals surface area contributed by atoms with E-state index in [9.17, 15) is 29.4 Å². The second-order valence-electron chi connectivity index (χ2n) is 15.2. The molecule has 0 bridgehead atoms. The van der Waals surface area contributed by atoms with Gasteiger partial charge in [-0.05, 0) is 65.1 Å². The molecule has 8 rings (SSSR count). The number of carboxylic acids is 1. The van der Waals surface area contributed by atoms with Crippen LogP contribution in [0.3, 0.4) is 0 Å². The number of carbonyl (C=O) groups is 5. The van der Waals surface area contributed by atoms with Crippen molar-refractivity contribution in [3.63, 3.8) is 0 Å². The number of morpholine rings is 1. The monoisotopic (exact) mass is 833 g/mol. The highest BCUT2D eigenvalue weighted by Crippen LogP contribution is 2.66. The van der Waals surface area contributed by atoms with Gasteiger partial charge in [0.2, 0.25) is 5.91 Å². The fraction of sp³-hybridized carbons (Fsp3) is 0.229. The summed E-state index contributed by atoms with van der Waals surface area (Å²) < 4.78 is 12.0. The normalized spacial score (nSPS) is 23.0. The highest BCUT2D eigenvalue weighted by molar-refractivity contribution is 6.24. The van der Waals surface area contributed by atoms with Gasteiger partial charge in [0.25, 0.3) is 0 Å². The van der Waals surface area contributed by atoms with Crippen LogP contribution in [0.2, 0.25) is 0 Å². The van der Waals surface area contributed by atoms with Crippen LogP contribution < -0.4 is 26.0 Å². The van der Waals surface area contributed by atoms with Gasteiger partial charge in [-0.2, -0.15) is 0 Å². The van der Waals surface area contributed by atoms with E-state index in [0.29, 0.717) is 28.0 Å². The Kier molecular flexibility index (Phi) is 11.5. The zero-order valence-corrected chi connectivity index (χ0v) is 33.5. The van der Waals surface area contributed by atoms with Crippen molar-refractivity contribution in [2.75, 3.05) is 24.7 Å². The third kappa shape index (κ3) is 7.27. The number of rotatable bonds is 10. The molecule has 3 aliphatic rings. The lowest BCUT2D eigenvalue weighted by molar-refractivity contribution is -0.179. The summed E-state index contributed by atoms with van der Waals surface area (Å²) in [5, 5.41) is 26.4. The maximum absolute atomic E-state index is 16.0. The second kappa shape index (κ2) is 17.3.